The third-order valence-electron chi connectivity index (χ3n) is 13.8. The third kappa shape index (κ3) is 5.61. The van der Waals surface area contributed by atoms with E-state index in [1.807, 2.05) is 0 Å². The quantitative estimate of drug-likeness (QED) is 0.315. The van der Waals surface area contributed by atoms with E-state index in [1.165, 1.54) is 0 Å². The Balaban J connectivity index is 1.24. The van der Waals surface area contributed by atoms with Gasteiger partial charge in [-0.2, -0.15) is 0 Å². The Bertz CT molecular complexity index is 1040. The summed E-state index contributed by atoms with van der Waals surface area (Å²) in [6.07, 6.45) is 11.5. The number of ketones is 1. The van der Waals surface area contributed by atoms with Crippen LogP contribution in [0.4, 0.5) is 0 Å². The molecule has 236 valence electrons. The van der Waals surface area contributed by atoms with Gasteiger partial charge in [-0.1, -0.05) is 59.8 Å². The topological polar surface area (TPSA) is 112 Å². The van der Waals surface area contributed by atoms with Gasteiger partial charge in [0.15, 0.2) is 9.84 Å². The first-order valence-electron chi connectivity index (χ1n) is 17.1. The molecule has 0 aromatic heterocycles. The van der Waals surface area contributed by atoms with Crippen LogP contribution in [0.2, 0.25) is 0 Å². The standard InChI is InChI=1S/C34H58O6S/c1-5-25-28-18-22(35)16-17-33(28,3)29-19-30(37)34(4)26(14-15-27(34)31(29)32(25)38)21(2)10-9-11-23(36)20-41(39,40)24-12-7-6-8-13-24/h21-22,24-32,35,37-38H,5-20H2,1-4H3/t21-,22-,25-,26-,27+,28+,29+,30+,31+,32-,33+,34-/m1/s1. The molecule has 12 atom stereocenters. The van der Waals surface area contributed by atoms with E-state index in [0.29, 0.717) is 43.4 Å². The maximum Gasteiger partial charge on any atom is 0.160 e. The summed E-state index contributed by atoms with van der Waals surface area (Å²) in [5.41, 5.74) is -0.209. The van der Waals surface area contributed by atoms with Gasteiger partial charge in [0.2, 0.25) is 0 Å². The SMILES string of the molecule is CC[C@H]1[C@@H](O)[C@@H]2[C@H](C[C@H](O)[C@]3(C)[C@@H]([C@H](C)CCCC(=O)CS(=O)(=O)C4CCCCC4)CC[C@@H]23)[C@@]2(C)CC[C@@H](O)C[C@@H]12. The second-order valence-corrected chi connectivity index (χ2v) is 18.0. The van der Waals surface area contributed by atoms with Crippen molar-refractivity contribution in [1.82, 2.24) is 0 Å². The summed E-state index contributed by atoms with van der Waals surface area (Å²) in [6, 6.07) is 0. The molecule has 7 heteroatoms. The molecular formula is C34H58O6S. The van der Waals surface area contributed by atoms with Gasteiger partial charge in [-0.05, 0) is 110 Å². The third-order valence-corrected chi connectivity index (χ3v) is 16.0. The highest BCUT2D eigenvalue weighted by Gasteiger charge is 2.67. The number of carbonyl (C=O) groups is 1. The minimum absolute atomic E-state index is 0.0497. The zero-order valence-corrected chi connectivity index (χ0v) is 27.0. The van der Waals surface area contributed by atoms with Crippen molar-refractivity contribution in [1.29, 1.82) is 0 Å². The number of carbonyl (C=O) groups excluding carboxylic acids is 1. The molecule has 0 amide bonds. The van der Waals surface area contributed by atoms with Crippen LogP contribution in [0.25, 0.3) is 0 Å². The molecular weight excluding hydrogens is 536 g/mol. The monoisotopic (exact) mass is 594 g/mol. The molecule has 5 aliphatic carbocycles. The minimum Gasteiger partial charge on any atom is -0.393 e. The van der Waals surface area contributed by atoms with Crippen molar-refractivity contribution >= 4 is 15.6 Å². The summed E-state index contributed by atoms with van der Waals surface area (Å²) in [5.74, 6) is 1.46. The molecule has 0 aromatic rings. The summed E-state index contributed by atoms with van der Waals surface area (Å²) in [6.45, 7) is 9.12. The average Bonchev–Trinajstić information content (AvgIpc) is 3.29. The van der Waals surface area contributed by atoms with E-state index in [2.05, 4.69) is 27.7 Å². The van der Waals surface area contributed by atoms with E-state index in [1.54, 1.807) is 0 Å². The molecule has 0 aliphatic heterocycles. The maximum absolute atomic E-state index is 12.8. The smallest absolute Gasteiger partial charge is 0.160 e. The zero-order chi connectivity index (χ0) is 29.7. The molecule has 5 rings (SSSR count). The van der Waals surface area contributed by atoms with Gasteiger partial charge in [0.1, 0.15) is 11.5 Å². The van der Waals surface area contributed by atoms with Gasteiger partial charge in [0.25, 0.3) is 0 Å². The number of hydrogen-bond acceptors (Lipinski definition) is 6. The first kappa shape index (κ1) is 31.9. The fourth-order valence-corrected chi connectivity index (χ4v) is 13.4. The van der Waals surface area contributed by atoms with Gasteiger partial charge < -0.3 is 15.3 Å². The second-order valence-electron chi connectivity index (χ2n) is 15.7. The molecule has 0 aromatic carbocycles. The summed E-state index contributed by atoms with van der Waals surface area (Å²) < 4.78 is 25.5. The van der Waals surface area contributed by atoms with Gasteiger partial charge in [0, 0.05) is 6.42 Å². The lowest BCUT2D eigenvalue weighted by molar-refractivity contribution is -0.228. The Labute approximate surface area is 249 Å². The van der Waals surface area contributed by atoms with Gasteiger partial charge in [0.05, 0.1) is 23.6 Å². The van der Waals surface area contributed by atoms with Gasteiger partial charge in [-0.3, -0.25) is 4.79 Å². The minimum atomic E-state index is -3.34. The van der Waals surface area contributed by atoms with Crippen LogP contribution in [0.3, 0.4) is 0 Å². The van der Waals surface area contributed by atoms with E-state index in [-0.39, 0.29) is 63.5 Å². The van der Waals surface area contributed by atoms with Crippen molar-refractivity contribution in [3.63, 3.8) is 0 Å². The summed E-state index contributed by atoms with van der Waals surface area (Å²) in [7, 11) is -3.34. The fraction of sp³-hybridized carbons (Fsp3) is 0.971. The number of aliphatic hydroxyl groups excluding tert-OH is 3. The molecule has 3 N–H and O–H groups in total. The number of rotatable bonds is 9. The highest BCUT2D eigenvalue weighted by molar-refractivity contribution is 7.92. The molecule has 0 unspecified atom stereocenters. The molecule has 5 aliphatic rings. The first-order valence-corrected chi connectivity index (χ1v) is 18.8. The lowest BCUT2D eigenvalue weighted by Crippen LogP contribution is -2.65. The first-order chi connectivity index (χ1) is 19.3. The lowest BCUT2D eigenvalue weighted by atomic mass is 9.41. The van der Waals surface area contributed by atoms with E-state index < -0.39 is 15.9 Å². The van der Waals surface area contributed by atoms with E-state index in [4.69, 9.17) is 0 Å². The van der Waals surface area contributed by atoms with E-state index in [0.717, 1.165) is 70.6 Å². The molecule has 0 spiro atoms. The summed E-state index contributed by atoms with van der Waals surface area (Å²) >= 11 is 0. The maximum atomic E-state index is 12.8. The number of hydrogen-bond donors (Lipinski definition) is 3. The molecule has 5 saturated carbocycles. The van der Waals surface area contributed by atoms with Crippen LogP contribution in [-0.2, 0) is 14.6 Å². The Hall–Kier alpha value is -0.500. The normalized spacial score (nSPS) is 45.9. The molecule has 5 fully saturated rings. The van der Waals surface area contributed by atoms with Gasteiger partial charge in [-0.25, -0.2) is 8.42 Å². The fourth-order valence-electron chi connectivity index (χ4n) is 11.5. The van der Waals surface area contributed by atoms with Crippen LogP contribution in [0.15, 0.2) is 0 Å². The molecule has 6 nitrogen and oxygen atoms in total. The highest BCUT2D eigenvalue weighted by Crippen LogP contribution is 2.69. The largest absolute Gasteiger partial charge is 0.393 e. The van der Waals surface area contributed by atoms with Crippen LogP contribution >= 0.6 is 0 Å². The highest BCUT2D eigenvalue weighted by atomic mass is 32.2. The van der Waals surface area contributed by atoms with Gasteiger partial charge in [-0.15, -0.1) is 0 Å². The Morgan fingerprint density at radius 2 is 1.63 bits per heavy atom. The van der Waals surface area contributed by atoms with E-state index in [9.17, 15) is 28.5 Å². The van der Waals surface area contributed by atoms with Crippen LogP contribution in [0, 0.1) is 52.3 Å². The average molecular weight is 595 g/mol. The van der Waals surface area contributed by atoms with Crippen LogP contribution < -0.4 is 0 Å². The number of sulfone groups is 1. The summed E-state index contributed by atoms with van der Waals surface area (Å²) in [5, 5.41) is 34.0. The van der Waals surface area contributed by atoms with Crippen molar-refractivity contribution in [2.45, 2.75) is 148 Å². The molecule has 41 heavy (non-hydrogen) atoms. The molecule has 0 saturated heterocycles. The number of Topliss-reactive ketones (excluding diaryl/α,β-unsaturated/α-hetero) is 1. The van der Waals surface area contributed by atoms with Crippen molar-refractivity contribution in [3.8, 4) is 0 Å². The number of fused-ring (bicyclic) bond motifs is 5. The van der Waals surface area contributed by atoms with Crippen LogP contribution in [0.5, 0.6) is 0 Å². The predicted molar refractivity (Wildman–Crippen MR) is 162 cm³/mol. The van der Waals surface area contributed by atoms with Crippen LogP contribution in [-0.4, -0.2) is 58.8 Å². The second kappa shape index (κ2) is 12.1. The molecule has 0 heterocycles. The number of aliphatic hydroxyl groups is 3. The van der Waals surface area contributed by atoms with Crippen molar-refractivity contribution in [2.24, 2.45) is 52.3 Å². The van der Waals surface area contributed by atoms with Crippen LogP contribution in [0.1, 0.15) is 124 Å². The Morgan fingerprint density at radius 1 is 0.927 bits per heavy atom. The zero-order valence-electron chi connectivity index (χ0n) is 26.1. The summed E-state index contributed by atoms with van der Waals surface area (Å²) in [4.78, 5) is 12.7. The molecule has 0 bridgehead atoms. The van der Waals surface area contributed by atoms with Gasteiger partial charge >= 0.3 is 0 Å². The van der Waals surface area contributed by atoms with E-state index >= 15 is 0 Å². The predicted octanol–water partition coefficient (Wildman–Crippen LogP) is 5.71. The molecule has 0 radical (unpaired) electrons. The van der Waals surface area contributed by atoms with Crippen molar-refractivity contribution in [2.75, 3.05) is 5.75 Å². The van der Waals surface area contributed by atoms with Crippen molar-refractivity contribution < 1.29 is 28.5 Å². The lowest BCUT2D eigenvalue weighted by Gasteiger charge is -2.65. The Morgan fingerprint density at radius 3 is 2.32 bits per heavy atom. The van der Waals surface area contributed by atoms with Crippen molar-refractivity contribution in [3.05, 3.63) is 0 Å². The Kier molecular flexibility index (Phi) is 9.43.